The Labute approximate surface area is 97.5 Å². The molecule has 0 aliphatic heterocycles. The largest absolute Gasteiger partial charge is 0.321 e. The van der Waals surface area contributed by atoms with Gasteiger partial charge in [0.05, 0.1) is 0 Å². The zero-order valence-corrected chi connectivity index (χ0v) is 9.54. The Balaban J connectivity index is 2.12. The molecule has 0 unspecified atom stereocenters. The maximum absolute atomic E-state index is 11.7. The van der Waals surface area contributed by atoms with E-state index in [0.29, 0.717) is 5.69 Å². The zero-order valence-electron chi connectivity index (χ0n) is 8.73. The van der Waals surface area contributed by atoms with Crippen LogP contribution >= 0.6 is 11.8 Å². The number of H-pyrrole nitrogens is 1. The Morgan fingerprint density at radius 3 is 3.00 bits per heavy atom. The molecule has 0 saturated carbocycles. The van der Waals surface area contributed by atoms with Gasteiger partial charge in [-0.2, -0.15) is 5.10 Å². The zero-order chi connectivity index (χ0) is 11.4. The second-order valence-electron chi connectivity index (χ2n) is 3.16. The maximum Gasteiger partial charge on any atom is 0.273 e. The Bertz CT molecular complexity index is 482. The van der Waals surface area contributed by atoms with Gasteiger partial charge in [0.2, 0.25) is 0 Å². The van der Waals surface area contributed by atoms with Crippen molar-refractivity contribution in [3.8, 4) is 0 Å². The summed E-state index contributed by atoms with van der Waals surface area (Å²) in [6.45, 7) is 0. The molecular weight excluding hydrogens is 222 g/mol. The number of aromatic nitrogens is 2. The number of thioether (sulfide) groups is 1. The van der Waals surface area contributed by atoms with Crippen molar-refractivity contribution in [3.05, 3.63) is 42.2 Å². The lowest BCUT2D eigenvalue weighted by molar-refractivity contribution is 0.102. The third kappa shape index (κ3) is 2.43. The van der Waals surface area contributed by atoms with E-state index in [2.05, 4.69) is 15.5 Å². The van der Waals surface area contributed by atoms with Crippen LogP contribution in [0.2, 0.25) is 0 Å². The van der Waals surface area contributed by atoms with Gasteiger partial charge in [-0.05, 0) is 30.5 Å². The van der Waals surface area contributed by atoms with Crippen LogP contribution in [0.1, 0.15) is 10.5 Å². The first kappa shape index (κ1) is 10.8. The molecule has 16 heavy (non-hydrogen) atoms. The molecule has 2 N–H and O–H groups in total. The molecule has 1 amide bonds. The first-order chi connectivity index (χ1) is 7.79. The summed E-state index contributed by atoms with van der Waals surface area (Å²) >= 11 is 1.64. The quantitative estimate of drug-likeness (QED) is 0.800. The Hall–Kier alpha value is -1.75. The molecule has 0 spiro atoms. The molecule has 0 saturated heterocycles. The summed E-state index contributed by atoms with van der Waals surface area (Å²) < 4.78 is 0. The van der Waals surface area contributed by atoms with E-state index in [9.17, 15) is 4.79 Å². The average Bonchev–Trinajstić information content (AvgIpc) is 2.83. The standard InChI is InChI=1S/C11H11N3OS/c1-16-9-4-2-3-8(7-9)13-11(15)10-5-6-12-14-10/h2-7H,1H3,(H,12,14)(H,13,15). The molecule has 82 valence electrons. The molecule has 0 atom stereocenters. The van der Waals surface area contributed by atoms with E-state index in [4.69, 9.17) is 0 Å². The number of aromatic amines is 1. The lowest BCUT2D eigenvalue weighted by Gasteiger charge is -2.04. The monoisotopic (exact) mass is 233 g/mol. The molecule has 0 fully saturated rings. The van der Waals surface area contributed by atoms with Crippen LogP contribution in [0.5, 0.6) is 0 Å². The molecule has 1 aromatic heterocycles. The van der Waals surface area contributed by atoms with Gasteiger partial charge in [-0.25, -0.2) is 0 Å². The number of nitrogens with one attached hydrogen (secondary N) is 2. The Morgan fingerprint density at radius 2 is 2.31 bits per heavy atom. The molecule has 4 nitrogen and oxygen atoms in total. The van der Waals surface area contributed by atoms with Crippen LogP contribution in [0.15, 0.2) is 41.4 Å². The summed E-state index contributed by atoms with van der Waals surface area (Å²) in [5, 5.41) is 9.14. The van der Waals surface area contributed by atoms with Crippen molar-refractivity contribution in [3.63, 3.8) is 0 Å². The minimum absolute atomic E-state index is 0.184. The second-order valence-corrected chi connectivity index (χ2v) is 4.04. The number of hydrogen-bond donors (Lipinski definition) is 2. The number of amides is 1. The van der Waals surface area contributed by atoms with Crippen LogP contribution in [0.4, 0.5) is 5.69 Å². The SMILES string of the molecule is CSc1cccc(NC(=O)c2ccn[nH]2)c1. The molecule has 2 aromatic rings. The van der Waals surface area contributed by atoms with E-state index in [1.165, 1.54) is 0 Å². The molecule has 0 aliphatic carbocycles. The van der Waals surface area contributed by atoms with Gasteiger partial charge in [0, 0.05) is 16.8 Å². The minimum atomic E-state index is -0.184. The molecule has 0 radical (unpaired) electrons. The van der Waals surface area contributed by atoms with Gasteiger partial charge in [-0.1, -0.05) is 6.07 Å². The van der Waals surface area contributed by atoms with E-state index < -0.39 is 0 Å². The summed E-state index contributed by atoms with van der Waals surface area (Å²) in [6, 6.07) is 9.33. The Kier molecular flexibility index (Phi) is 3.26. The summed E-state index contributed by atoms with van der Waals surface area (Å²) in [5.74, 6) is -0.184. The van der Waals surface area contributed by atoms with E-state index in [1.807, 2.05) is 30.5 Å². The van der Waals surface area contributed by atoms with Crippen molar-refractivity contribution in [2.24, 2.45) is 0 Å². The molecule has 0 aliphatic rings. The molecule has 2 rings (SSSR count). The van der Waals surface area contributed by atoms with Crippen molar-refractivity contribution >= 4 is 23.4 Å². The predicted octanol–water partition coefficient (Wildman–Crippen LogP) is 2.38. The van der Waals surface area contributed by atoms with Crippen molar-refractivity contribution in [1.29, 1.82) is 0 Å². The second kappa shape index (κ2) is 4.85. The van der Waals surface area contributed by atoms with Gasteiger partial charge in [0.1, 0.15) is 5.69 Å². The summed E-state index contributed by atoms with van der Waals surface area (Å²) in [7, 11) is 0. The number of nitrogens with zero attached hydrogens (tertiary/aromatic N) is 1. The molecule has 1 aromatic carbocycles. The van der Waals surface area contributed by atoms with Gasteiger partial charge in [0.25, 0.3) is 5.91 Å². The summed E-state index contributed by atoms with van der Waals surface area (Å²) in [6.07, 6.45) is 3.54. The highest BCUT2D eigenvalue weighted by molar-refractivity contribution is 7.98. The number of hydrogen-bond acceptors (Lipinski definition) is 3. The molecule has 0 bridgehead atoms. The van der Waals surface area contributed by atoms with E-state index in [1.54, 1.807) is 24.0 Å². The van der Waals surface area contributed by atoms with E-state index in [-0.39, 0.29) is 5.91 Å². The van der Waals surface area contributed by atoms with Crippen molar-refractivity contribution in [2.45, 2.75) is 4.90 Å². The van der Waals surface area contributed by atoms with Gasteiger partial charge < -0.3 is 5.32 Å². The van der Waals surface area contributed by atoms with Crippen LogP contribution in [-0.2, 0) is 0 Å². The van der Waals surface area contributed by atoms with Crippen LogP contribution in [0, 0.1) is 0 Å². The number of rotatable bonds is 3. The molecule has 1 heterocycles. The fourth-order valence-electron chi connectivity index (χ4n) is 1.28. The van der Waals surface area contributed by atoms with E-state index in [0.717, 1.165) is 10.6 Å². The minimum Gasteiger partial charge on any atom is -0.321 e. The number of carbonyl (C=O) groups excluding carboxylic acids is 1. The molecular formula is C11H11N3OS. The third-order valence-electron chi connectivity index (χ3n) is 2.07. The summed E-state index contributed by atoms with van der Waals surface area (Å²) in [5.41, 5.74) is 1.24. The smallest absolute Gasteiger partial charge is 0.273 e. The molecule has 5 heteroatoms. The lowest BCUT2D eigenvalue weighted by atomic mass is 10.3. The highest BCUT2D eigenvalue weighted by Gasteiger charge is 2.06. The van der Waals surface area contributed by atoms with Crippen molar-refractivity contribution in [2.75, 3.05) is 11.6 Å². The average molecular weight is 233 g/mol. The van der Waals surface area contributed by atoms with Crippen LogP contribution in [-0.4, -0.2) is 22.4 Å². The third-order valence-corrected chi connectivity index (χ3v) is 2.80. The van der Waals surface area contributed by atoms with Crippen LogP contribution in [0.3, 0.4) is 0 Å². The fraction of sp³-hybridized carbons (Fsp3) is 0.0909. The van der Waals surface area contributed by atoms with Crippen LogP contribution in [0.25, 0.3) is 0 Å². The van der Waals surface area contributed by atoms with Crippen molar-refractivity contribution < 1.29 is 4.79 Å². The van der Waals surface area contributed by atoms with Crippen LogP contribution < -0.4 is 5.32 Å². The number of benzene rings is 1. The predicted molar refractivity (Wildman–Crippen MR) is 64.8 cm³/mol. The van der Waals surface area contributed by atoms with Gasteiger partial charge in [-0.3, -0.25) is 9.89 Å². The number of carbonyl (C=O) groups is 1. The normalized spacial score (nSPS) is 10.1. The Morgan fingerprint density at radius 1 is 1.44 bits per heavy atom. The van der Waals surface area contributed by atoms with E-state index >= 15 is 0 Å². The fourth-order valence-corrected chi connectivity index (χ4v) is 1.74. The topological polar surface area (TPSA) is 57.8 Å². The van der Waals surface area contributed by atoms with Crippen molar-refractivity contribution in [1.82, 2.24) is 10.2 Å². The highest BCUT2D eigenvalue weighted by Crippen LogP contribution is 2.19. The number of anilines is 1. The summed E-state index contributed by atoms with van der Waals surface area (Å²) in [4.78, 5) is 12.8. The highest BCUT2D eigenvalue weighted by atomic mass is 32.2. The lowest BCUT2D eigenvalue weighted by Crippen LogP contribution is -2.12. The first-order valence-corrected chi connectivity index (χ1v) is 5.97. The van der Waals surface area contributed by atoms with Gasteiger partial charge in [-0.15, -0.1) is 11.8 Å². The maximum atomic E-state index is 11.7. The van der Waals surface area contributed by atoms with Gasteiger partial charge >= 0.3 is 0 Å². The first-order valence-electron chi connectivity index (χ1n) is 4.74. The van der Waals surface area contributed by atoms with Gasteiger partial charge in [0.15, 0.2) is 0 Å².